The van der Waals surface area contributed by atoms with E-state index in [4.69, 9.17) is 0 Å². The highest BCUT2D eigenvalue weighted by atomic mass is 19.4. The van der Waals surface area contributed by atoms with Crippen molar-refractivity contribution in [1.82, 2.24) is 0 Å². The Labute approximate surface area is 218 Å². The van der Waals surface area contributed by atoms with Crippen LogP contribution in [0.1, 0.15) is 59.3 Å². The summed E-state index contributed by atoms with van der Waals surface area (Å²) in [5.74, 6) is -2.88. The second kappa shape index (κ2) is 11.8. The van der Waals surface area contributed by atoms with Crippen LogP contribution in [-0.2, 0) is 22.2 Å². The van der Waals surface area contributed by atoms with Crippen LogP contribution in [0.15, 0.2) is 72.3 Å². The summed E-state index contributed by atoms with van der Waals surface area (Å²) in [5.41, 5.74) is 0.368. The molecule has 6 nitrogen and oxygen atoms in total. The third-order valence-corrected chi connectivity index (χ3v) is 5.84. The number of halogens is 3. The molecule has 0 aromatic heterocycles. The van der Waals surface area contributed by atoms with Crippen molar-refractivity contribution >= 4 is 35.2 Å². The van der Waals surface area contributed by atoms with Crippen molar-refractivity contribution < 1.29 is 32.7 Å². The first-order chi connectivity index (χ1) is 17.9. The van der Waals surface area contributed by atoms with E-state index in [1.165, 1.54) is 18.2 Å². The maximum Gasteiger partial charge on any atom is 0.416 e. The van der Waals surface area contributed by atoms with Crippen LogP contribution < -0.4 is 10.6 Å². The van der Waals surface area contributed by atoms with Crippen molar-refractivity contribution in [2.24, 2.45) is 0 Å². The molecule has 0 aliphatic rings. The van der Waals surface area contributed by atoms with E-state index in [0.29, 0.717) is 17.5 Å². The van der Waals surface area contributed by atoms with Gasteiger partial charge in [-0.15, -0.1) is 0 Å². The lowest BCUT2D eigenvalue weighted by Gasteiger charge is -2.14. The predicted octanol–water partition coefficient (Wildman–Crippen LogP) is 6.75. The molecule has 3 aromatic rings. The van der Waals surface area contributed by atoms with E-state index in [2.05, 4.69) is 10.6 Å². The first-order valence-electron chi connectivity index (χ1n) is 11.9. The Morgan fingerprint density at radius 3 is 2.13 bits per heavy atom. The molecule has 0 aliphatic carbocycles. The molecule has 0 spiro atoms. The fourth-order valence-electron chi connectivity index (χ4n) is 3.79. The van der Waals surface area contributed by atoms with Gasteiger partial charge in [0.15, 0.2) is 0 Å². The number of nitrogens with one attached hydrogen (secondary N) is 2. The Bertz CT molecular complexity index is 1380. The zero-order valence-corrected chi connectivity index (χ0v) is 21.0. The first-order valence-corrected chi connectivity index (χ1v) is 11.9. The van der Waals surface area contributed by atoms with Gasteiger partial charge in [0.1, 0.15) is 5.57 Å². The second-order valence-corrected chi connectivity index (χ2v) is 8.86. The standard InChI is InChI=1S/C29H27F3N2O4/c1-4-19-7-5-10-24(25(19)28(37)38)34-27(36)23(15-18-11-13-20(14-12-18)17(2)3)26(35)33-22-9-6-8-21(16-22)29(30,31)32/h5-17H,4H2,1-3H3,(H,33,35)(H,34,36)(H,37,38)/b23-15-. The summed E-state index contributed by atoms with van der Waals surface area (Å²) in [5, 5.41) is 14.5. The van der Waals surface area contributed by atoms with Crippen LogP contribution >= 0.6 is 0 Å². The number of rotatable bonds is 8. The molecule has 0 bridgehead atoms. The molecule has 38 heavy (non-hydrogen) atoms. The molecule has 0 aliphatic heterocycles. The monoisotopic (exact) mass is 524 g/mol. The molecule has 0 unspecified atom stereocenters. The molecule has 0 radical (unpaired) electrons. The molecule has 0 heterocycles. The van der Waals surface area contributed by atoms with Gasteiger partial charge in [0.25, 0.3) is 11.8 Å². The molecule has 0 saturated heterocycles. The number of amides is 2. The second-order valence-electron chi connectivity index (χ2n) is 8.86. The SMILES string of the molecule is CCc1cccc(NC(=O)/C(=C\c2ccc(C(C)C)cc2)C(=O)Nc2cccc(C(F)(F)F)c2)c1C(=O)O. The highest BCUT2D eigenvalue weighted by Gasteiger charge is 2.31. The van der Waals surface area contributed by atoms with Crippen LogP contribution in [0.25, 0.3) is 6.08 Å². The van der Waals surface area contributed by atoms with Gasteiger partial charge in [0.2, 0.25) is 0 Å². The molecule has 3 N–H and O–H groups in total. The number of benzene rings is 3. The zero-order chi connectivity index (χ0) is 28.0. The fraction of sp³-hybridized carbons (Fsp3) is 0.207. The quantitative estimate of drug-likeness (QED) is 0.173. The predicted molar refractivity (Wildman–Crippen MR) is 140 cm³/mol. The molecule has 3 rings (SSSR count). The summed E-state index contributed by atoms with van der Waals surface area (Å²) < 4.78 is 39.4. The number of anilines is 2. The Hall–Kier alpha value is -4.40. The third-order valence-electron chi connectivity index (χ3n) is 5.84. The largest absolute Gasteiger partial charge is 0.478 e. The number of aryl methyl sites for hydroxylation is 1. The Morgan fingerprint density at radius 2 is 1.55 bits per heavy atom. The van der Waals surface area contributed by atoms with E-state index < -0.39 is 35.1 Å². The minimum atomic E-state index is -4.62. The fourth-order valence-corrected chi connectivity index (χ4v) is 3.79. The van der Waals surface area contributed by atoms with E-state index in [9.17, 15) is 32.7 Å². The van der Waals surface area contributed by atoms with E-state index in [1.54, 1.807) is 31.2 Å². The summed E-state index contributed by atoms with van der Waals surface area (Å²) >= 11 is 0. The molecule has 0 atom stereocenters. The van der Waals surface area contributed by atoms with Gasteiger partial charge in [0, 0.05) is 5.69 Å². The third kappa shape index (κ3) is 6.88. The van der Waals surface area contributed by atoms with E-state index in [-0.39, 0.29) is 22.9 Å². The maximum atomic E-state index is 13.3. The zero-order valence-electron chi connectivity index (χ0n) is 21.0. The van der Waals surface area contributed by atoms with Crippen LogP contribution in [0, 0.1) is 0 Å². The van der Waals surface area contributed by atoms with Gasteiger partial charge >= 0.3 is 12.1 Å². The summed E-state index contributed by atoms with van der Waals surface area (Å²) in [6.45, 7) is 5.79. The van der Waals surface area contributed by atoms with Crippen LogP contribution in [0.5, 0.6) is 0 Å². The average molecular weight is 525 g/mol. The Balaban J connectivity index is 2.01. The molecular weight excluding hydrogens is 497 g/mol. The van der Waals surface area contributed by atoms with Crippen molar-refractivity contribution in [2.75, 3.05) is 10.6 Å². The van der Waals surface area contributed by atoms with Gasteiger partial charge in [-0.1, -0.05) is 63.2 Å². The number of carbonyl (C=O) groups excluding carboxylic acids is 2. The van der Waals surface area contributed by atoms with Gasteiger partial charge < -0.3 is 15.7 Å². The minimum Gasteiger partial charge on any atom is -0.478 e. The highest BCUT2D eigenvalue weighted by molar-refractivity contribution is 6.29. The lowest BCUT2D eigenvalue weighted by molar-refractivity contribution is -0.137. The lowest BCUT2D eigenvalue weighted by atomic mass is 10.0. The highest BCUT2D eigenvalue weighted by Crippen LogP contribution is 2.31. The Morgan fingerprint density at radius 1 is 0.921 bits per heavy atom. The summed E-state index contributed by atoms with van der Waals surface area (Å²) in [6.07, 6.45) is -2.93. The topological polar surface area (TPSA) is 95.5 Å². The number of aromatic carboxylic acids is 1. The first kappa shape index (κ1) is 28.2. The molecule has 2 amide bonds. The number of hydrogen-bond acceptors (Lipinski definition) is 3. The van der Waals surface area contributed by atoms with Crippen molar-refractivity contribution in [3.63, 3.8) is 0 Å². The molecule has 198 valence electrons. The van der Waals surface area contributed by atoms with E-state index >= 15 is 0 Å². The molecular formula is C29H27F3N2O4. The van der Waals surface area contributed by atoms with Crippen molar-refractivity contribution in [2.45, 2.75) is 39.3 Å². The van der Waals surface area contributed by atoms with Crippen LogP contribution in [-0.4, -0.2) is 22.9 Å². The lowest BCUT2D eigenvalue weighted by Crippen LogP contribution is -2.26. The van der Waals surface area contributed by atoms with Gasteiger partial charge in [-0.2, -0.15) is 13.2 Å². The van der Waals surface area contributed by atoms with Crippen molar-refractivity contribution in [3.8, 4) is 0 Å². The summed E-state index contributed by atoms with van der Waals surface area (Å²) in [6, 6.07) is 15.7. The smallest absolute Gasteiger partial charge is 0.416 e. The average Bonchev–Trinajstić information content (AvgIpc) is 2.86. The number of hydrogen-bond donors (Lipinski definition) is 3. The molecule has 0 fully saturated rings. The number of carbonyl (C=O) groups is 3. The van der Waals surface area contributed by atoms with Gasteiger partial charge in [-0.05, 0) is 59.4 Å². The van der Waals surface area contributed by atoms with Gasteiger partial charge in [-0.3, -0.25) is 9.59 Å². The van der Waals surface area contributed by atoms with Crippen LogP contribution in [0.3, 0.4) is 0 Å². The molecule has 0 saturated carbocycles. The van der Waals surface area contributed by atoms with Crippen LogP contribution in [0.2, 0.25) is 0 Å². The number of carboxylic acids is 1. The van der Waals surface area contributed by atoms with Crippen LogP contribution in [0.4, 0.5) is 24.5 Å². The summed E-state index contributed by atoms with van der Waals surface area (Å²) in [7, 11) is 0. The number of carboxylic acid groups (broad SMARTS) is 1. The maximum absolute atomic E-state index is 13.3. The van der Waals surface area contributed by atoms with Gasteiger partial charge in [0.05, 0.1) is 16.8 Å². The summed E-state index contributed by atoms with van der Waals surface area (Å²) in [4.78, 5) is 38.4. The number of alkyl halides is 3. The van der Waals surface area contributed by atoms with Gasteiger partial charge in [-0.25, -0.2) is 4.79 Å². The molecule has 9 heteroatoms. The van der Waals surface area contributed by atoms with E-state index in [0.717, 1.165) is 23.8 Å². The molecule has 3 aromatic carbocycles. The van der Waals surface area contributed by atoms with Crippen molar-refractivity contribution in [3.05, 3.63) is 100 Å². The normalized spacial score (nSPS) is 11.8. The van der Waals surface area contributed by atoms with E-state index in [1.807, 2.05) is 26.0 Å². The minimum absolute atomic E-state index is 0.00484. The Kier molecular flexibility index (Phi) is 8.72. The van der Waals surface area contributed by atoms with Crippen molar-refractivity contribution in [1.29, 1.82) is 0 Å².